The molecule has 0 unspecified atom stereocenters. The van der Waals surface area contributed by atoms with Crippen LogP contribution in [0.4, 0.5) is 5.82 Å². The van der Waals surface area contributed by atoms with Crippen LogP contribution in [0.5, 0.6) is 0 Å². The van der Waals surface area contributed by atoms with Gasteiger partial charge >= 0.3 is 0 Å². The van der Waals surface area contributed by atoms with Crippen LogP contribution in [0.1, 0.15) is 31.3 Å². The molecule has 1 rings (SSSR count). The minimum Gasteiger partial charge on any atom is -0.383 e. The Morgan fingerprint density at radius 1 is 1.22 bits per heavy atom. The van der Waals surface area contributed by atoms with Gasteiger partial charge in [-0.1, -0.05) is 13.8 Å². The van der Waals surface area contributed by atoms with Gasteiger partial charge in [-0.2, -0.15) is 0 Å². The van der Waals surface area contributed by atoms with Gasteiger partial charge in [-0.3, -0.25) is 0 Å². The largest absolute Gasteiger partial charge is 0.383 e. The number of methoxy groups -OCH3 is 1. The number of hydrogen-bond acceptors (Lipinski definition) is 5. The first-order valence-electron chi connectivity index (χ1n) is 6.42. The van der Waals surface area contributed by atoms with Crippen molar-refractivity contribution in [2.75, 3.05) is 38.7 Å². The van der Waals surface area contributed by atoms with Crippen molar-refractivity contribution in [1.82, 2.24) is 15.3 Å². The molecule has 1 heterocycles. The van der Waals surface area contributed by atoms with Crippen LogP contribution in [-0.2, 0) is 4.74 Å². The molecule has 5 nitrogen and oxygen atoms in total. The van der Waals surface area contributed by atoms with Gasteiger partial charge in [-0.15, -0.1) is 0 Å². The number of hydrogen-bond donors (Lipinski definition) is 2. The minimum atomic E-state index is 0.352. The van der Waals surface area contributed by atoms with Crippen molar-refractivity contribution in [3.05, 3.63) is 17.6 Å². The van der Waals surface area contributed by atoms with E-state index in [0.29, 0.717) is 5.92 Å². The number of aromatic nitrogens is 2. The summed E-state index contributed by atoms with van der Waals surface area (Å²) < 4.78 is 4.96. The summed E-state index contributed by atoms with van der Waals surface area (Å²) in [6.07, 6.45) is 0. The zero-order valence-corrected chi connectivity index (χ0v) is 11.8. The third kappa shape index (κ3) is 5.42. The second kappa shape index (κ2) is 8.00. The van der Waals surface area contributed by atoms with Crippen LogP contribution in [0.25, 0.3) is 0 Å². The van der Waals surface area contributed by atoms with Gasteiger partial charge in [0.25, 0.3) is 0 Å². The minimum absolute atomic E-state index is 0.352. The third-order valence-electron chi connectivity index (χ3n) is 2.48. The first-order chi connectivity index (χ1) is 8.63. The fraction of sp³-hybridized carbons (Fsp3) is 0.692. The summed E-state index contributed by atoms with van der Waals surface area (Å²) in [5.74, 6) is 2.15. The van der Waals surface area contributed by atoms with E-state index in [1.807, 2.05) is 13.0 Å². The fourth-order valence-electron chi connectivity index (χ4n) is 1.52. The second-order valence-corrected chi connectivity index (χ2v) is 4.58. The van der Waals surface area contributed by atoms with E-state index in [9.17, 15) is 0 Å². The summed E-state index contributed by atoms with van der Waals surface area (Å²) >= 11 is 0. The first-order valence-corrected chi connectivity index (χ1v) is 6.42. The molecule has 0 aliphatic carbocycles. The van der Waals surface area contributed by atoms with Crippen molar-refractivity contribution in [3.63, 3.8) is 0 Å². The molecule has 0 aliphatic heterocycles. The zero-order chi connectivity index (χ0) is 13.4. The number of nitrogens with zero attached hydrogens (tertiary/aromatic N) is 2. The molecule has 0 fully saturated rings. The molecule has 0 bridgehead atoms. The summed E-state index contributed by atoms with van der Waals surface area (Å²) in [6.45, 7) is 9.55. The molecule has 0 spiro atoms. The average molecular weight is 252 g/mol. The molecule has 18 heavy (non-hydrogen) atoms. The van der Waals surface area contributed by atoms with Crippen LogP contribution < -0.4 is 10.6 Å². The number of aryl methyl sites for hydroxylation is 1. The SMILES string of the molecule is COCCNCCNc1cc(C)nc(C(C)C)n1. The average Bonchev–Trinajstić information content (AvgIpc) is 2.33. The quantitative estimate of drug-likeness (QED) is 0.688. The standard InChI is InChI=1S/C13H24N4O/c1-10(2)13-16-11(3)9-12(17-13)15-6-5-14-7-8-18-4/h9-10,14H,5-8H2,1-4H3,(H,15,16,17). The highest BCUT2D eigenvalue weighted by molar-refractivity contribution is 5.36. The Hall–Kier alpha value is -1.20. The molecule has 0 aromatic carbocycles. The van der Waals surface area contributed by atoms with Gasteiger partial charge in [-0.25, -0.2) is 9.97 Å². The van der Waals surface area contributed by atoms with Gasteiger partial charge in [0.1, 0.15) is 11.6 Å². The Bertz CT molecular complexity index is 355. The van der Waals surface area contributed by atoms with Gasteiger partial charge < -0.3 is 15.4 Å². The Balaban J connectivity index is 2.37. The van der Waals surface area contributed by atoms with Crippen LogP contribution in [0.2, 0.25) is 0 Å². The lowest BCUT2D eigenvalue weighted by molar-refractivity contribution is 0.200. The highest BCUT2D eigenvalue weighted by Gasteiger charge is 2.05. The fourth-order valence-corrected chi connectivity index (χ4v) is 1.52. The van der Waals surface area contributed by atoms with Crippen LogP contribution in [0.3, 0.4) is 0 Å². The molecule has 0 atom stereocenters. The Kier molecular flexibility index (Phi) is 6.60. The smallest absolute Gasteiger partial charge is 0.133 e. The lowest BCUT2D eigenvalue weighted by Crippen LogP contribution is -2.25. The third-order valence-corrected chi connectivity index (χ3v) is 2.48. The van der Waals surface area contributed by atoms with E-state index in [1.54, 1.807) is 7.11 Å². The van der Waals surface area contributed by atoms with Crippen molar-refractivity contribution in [2.24, 2.45) is 0 Å². The lowest BCUT2D eigenvalue weighted by Gasteiger charge is -2.10. The maximum Gasteiger partial charge on any atom is 0.133 e. The molecule has 2 N–H and O–H groups in total. The molecule has 1 aromatic rings. The van der Waals surface area contributed by atoms with E-state index in [0.717, 1.165) is 43.6 Å². The topological polar surface area (TPSA) is 59.1 Å². The highest BCUT2D eigenvalue weighted by Crippen LogP contribution is 2.13. The van der Waals surface area contributed by atoms with Crippen molar-refractivity contribution < 1.29 is 4.74 Å². The van der Waals surface area contributed by atoms with Gasteiger partial charge in [0, 0.05) is 44.4 Å². The summed E-state index contributed by atoms with van der Waals surface area (Å²) in [6, 6.07) is 1.97. The Morgan fingerprint density at radius 3 is 2.67 bits per heavy atom. The zero-order valence-electron chi connectivity index (χ0n) is 11.8. The van der Waals surface area contributed by atoms with Gasteiger partial charge in [0.05, 0.1) is 6.61 Å². The highest BCUT2D eigenvalue weighted by atomic mass is 16.5. The summed E-state index contributed by atoms with van der Waals surface area (Å²) in [4.78, 5) is 8.91. The van der Waals surface area contributed by atoms with Crippen molar-refractivity contribution in [1.29, 1.82) is 0 Å². The second-order valence-electron chi connectivity index (χ2n) is 4.58. The van der Waals surface area contributed by atoms with E-state index in [1.165, 1.54) is 0 Å². The van der Waals surface area contributed by atoms with E-state index in [2.05, 4.69) is 34.4 Å². The molecule has 1 aromatic heterocycles. The number of nitrogens with one attached hydrogen (secondary N) is 2. The molecule has 0 aliphatic rings. The molecule has 0 amide bonds. The summed E-state index contributed by atoms with van der Waals surface area (Å²) in [5, 5.41) is 6.58. The van der Waals surface area contributed by atoms with E-state index >= 15 is 0 Å². The Morgan fingerprint density at radius 2 is 2.00 bits per heavy atom. The van der Waals surface area contributed by atoms with Gasteiger partial charge in [0.2, 0.25) is 0 Å². The normalized spacial score (nSPS) is 10.9. The number of anilines is 1. The van der Waals surface area contributed by atoms with Gasteiger partial charge in [-0.05, 0) is 6.92 Å². The monoisotopic (exact) mass is 252 g/mol. The first kappa shape index (κ1) is 14.9. The van der Waals surface area contributed by atoms with E-state index < -0.39 is 0 Å². The van der Waals surface area contributed by atoms with Crippen LogP contribution in [0, 0.1) is 6.92 Å². The van der Waals surface area contributed by atoms with Crippen LogP contribution in [-0.4, -0.2) is 43.3 Å². The summed E-state index contributed by atoms with van der Waals surface area (Å²) in [5.41, 5.74) is 1.00. The molecule has 0 saturated carbocycles. The maximum atomic E-state index is 4.96. The number of rotatable bonds is 8. The predicted octanol–water partition coefficient (Wildman–Crippen LogP) is 1.56. The van der Waals surface area contributed by atoms with Crippen molar-refractivity contribution >= 4 is 5.82 Å². The molecule has 5 heteroatoms. The van der Waals surface area contributed by atoms with Crippen LogP contribution in [0.15, 0.2) is 6.07 Å². The van der Waals surface area contributed by atoms with Crippen molar-refractivity contribution in [3.8, 4) is 0 Å². The predicted molar refractivity (Wildman–Crippen MR) is 74.1 cm³/mol. The van der Waals surface area contributed by atoms with E-state index in [4.69, 9.17) is 4.74 Å². The molecular weight excluding hydrogens is 228 g/mol. The number of ether oxygens (including phenoxy) is 1. The summed E-state index contributed by atoms with van der Waals surface area (Å²) in [7, 11) is 1.71. The Labute approximate surface area is 109 Å². The van der Waals surface area contributed by atoms with Crippen LogP contribution >= 0.6 is 0 Å². The lowest BCUT2D eigenvalue weighted by atomic mass is 10.2. The molecule has 0 radical (unpaired) electrons. The molecule has 102 valence electrons. The molecule has 0 saturated heterocycles. The van der Waals surface area contributed by atoms with E-state index in [-0.39, 0.29) is 0 Å². The maximum absolute atomic E-state index is 4.96. The van der Waals surface area contributed by atoms with Crippen molar-refractivity contribution in [2.45, 2.75) is 26.7 Å². The van der Waals surface area contributed by atoms with Gasteiger partial charge in [0.15, 0.2) is 0 Å². The molecular formula is C13H24N4O.